The van der Waals surface area contributed by atoms with Crippen LogP contribution in [-0.4, -0.2) is 13.9 Å². The summed E-state index contributed by atoms with van der Waals surface area (Å²) in [6.45, 7) is 2.81. The zero-order valence-corrected chi connectivity index (χ0v) is 9.74. The molecule has 4 heteroatoms. The van der Waals surface area contributed by atoms with Gasteiger partial charge in [-0.05, 0) is 24.5 Å². The Kier molecular flexibility index (Phi) is 2.22. The van der Waals surface area contributed by atoms with E-state index in [-0.39, 0.29) is 0 Å². The lowest BCUT2D eigenvalue weighted by Crippen LogP contribution is -2.00. The van der Waals surface area contributed by atoms with Gasteiger partial charge in [-0.3, -0.25) is 0 Å². The number of fused-ring (bicyclic) bond motifs is 1. The van der Waals surface area contributed by atoms with Crippen LogP contribution in [0.1, 0.15) is 11.5 Å². The fourth-order valence-electron chi connectivity index (χ4n) is 1.78. The van der Waals surface area contributed by atoms with Crippen molar-refractivity contribution >= 4 is 21.6 Å². The van der Waals surface area contributed by atoms with Crippen molar-refractivity contribution in [3.63, 3.8) is 0 Å². The van der Waals surface area contributed by atoms with E-state index in [1.54, 1.807) is 11.5 Å². The molecule has 0 aliphatic carbocycles. The van der Waals surface area contributed by atoms with Gasteiger partial charge in [-0.1, -0.05) is 18.2 Å². The van der Waals surface area contributed by atoms with Crippen molar-refractivity contribution in [2.45, 2.75) is 13.5 Å². The first-order valence-corrected chi connectivity index (χ1v) is 5.93. The van der Waals surface area contributed by atoms with Crippen LogP contribution in [0.15, 0.2) is 36.7 Å². The van der Waals surface area contributed by atoms with Crippen LogP contribution in [0.5, 0.6) is 0 Å². The molecule has 0 spiro atoms. The van der Waals surface area contributed by atoms with E-state index in [0.717, 1.165) is 18.1 Å². The van der Waals surface area contributed by atoms with Crippen molar-refractivity contribution in [1.82, 2.24) is 13.9 Å². The molecule has 3 aromatic rings. The first-order valence-electron chi connectivity index (χ1n) is 5.15. The van der Waals surface area contributed by atoms with Gasteiger partial charge in [-0.25, -0.2) is 4.98 Å². The molecule has 3 rings (SSSR count). The minimum Gasteiger partial charge on any atom is -0.329 e. The summed E-state index contributed by atoms with van der Waals surface area (Å²) in [4.78, 5) is 4.22. The van der Waals surface area contributed by atoms with E-state index in [1.165, 1.54) is 10.1 Å². The number of aryl methyl sites for hydroxylation is 1. The monoisotopic (exact) mass is 229 g/mol. The van der Waals surface area contributed by atoms with Gasteiger partial charge in [0.15, 0.2) is 0 Å². The van der Waals surface area contributed by atoms with Crippen LogP contribution in [-0.2, 0) is 6.54 Å². The maximum absolute atomic E-state index is 4.50. The van der Waals surface area contributed by atoms with Crippen molar-refractivity contribution in [3.8, 4) is 0 Å². The van der Waals surface area contributed by atoms with Crippen LogP contribution >= 0.6 is 11.5 Å². The minimum atomic E-state index is 0.801. The summed E-state index contributed by atoms with van der Waals surface area (Å²) in [5.41, 5.74) is 1.13. The molecule has 0 atom stereocenters. The number of hydrogen-bond acceptors (Lipinski definition) is 3. The average Bonchev–Trinajstić information content (AvgIpc) is 2.88. The first kappa shape index (κ1) is 9.54. The molecule has 2 aromatic heterocycles. The summed E-state index contributed by atoms with van der Waals surface area (Å²) in [6.07, 6.45) is 3.81. The number of nitrogens with zero attached hydrogens (tertiary/aromatic N) is 3. The molecular formula is C12H11N3S. The molecule has 0 saturated carbocycles. The summed E-state index contributed by atoms with van der Waals surface area (Å²) in [6, 6.07) is 8.34. The van der Waals surface area contributed by atoms with Gasteiger partial charge in [0, 0.05) is 17.8 Å². The molecule has 0 fully saturated rings. The van der Waals surface area contributed by atoms with Crippen molar-refractivity contribution < 1.29 is 0 Å². The molecule has 3 nitrogen and oxygen atoms in total. The van der Waals surface area contributed by atoms with E-state index in [0.29, 0.717) is 0 Å². The van der Waals surface area contributed by atoms with Gasteiger partial charge in [0.1, 0.15) is 5.82 Å². The third kappa shape index (κ3) is 1.51. The fraction of sp³-hybridized carbons (Fsp3) is 0.167. The van der Waals surface area contributed by atoms with Crippen LogP contribution in [0.3, 0.4) is 0 Å². The quantitative estimate of drug-likeness (QED) is 0.676. The maximum atomic E-state index is 4.50. The molecule has 0 N–H and O–H groups in total. The lowest BCUT2D eigenvalue weighted by atomic mass is 10.2. The Balaban J connectivity index is 2.04. The van der Waals surface area contributed by atoms with E-state index in [9.17, 15) is 0 Å². The molecule has 0 saturated heterocycles. The summed E-state index contributed by atoms with van der Waals surface area (Å²) >= 11 is 1.56. The molecule has 0 amide bonds. The molecule has 16 heavy (non-hydrogen) atoms. The SMILES string of the molecule is Cc1nccn1Cc1nsc2ccccc12. The lowest BCUT2D eigenvalue weighted by molar-refractivity contribution is 0.754. The Morgan fingerprint density at radius 3 is 3.00 bits per heavy atom. The summed E-state index contributed by atoms with van der Waals surface area (Å²) < 4.78 is 7.86. The Bertz CT molecular complexity index is 624. The number of rotatable bonds is 2. The Labute approximate surface area is 97.5 Å². The molecule has 0 aliphatic heterocycles. The van der Waals surface area contributed by atoms with Crippen molar-refractivity contribution in [1.29, 1.82) is 0 Å². The average molecular weight is 229 g/mol. The van der Waals surface area contributed by atoms with Gasteiger partial charge in [0.05, 0.1) is 16.9 Å². The van der Waals surface area contributed by atoms with E-state index in [1.807, 2.05) is 25.4 Å². The van der Waals surface area contributed by atoms with Crippen LogP contribution in [0.4, 0.5) is 0 Å². The normalized spacial score (nSPS) is 11.1. The Morgan fingerprint density at radius 1 is 1.31 bits per heavy atom. The van der Waals surface area contributed by atoms with Crippen LogP contribution in [0.25, 0.3) is 10.1 Å². The smallest absolute Gasteiger partial charge is 0.105 e. The molecule has 0 unspecified atom stereocenters. The highest BCUT2D eigenvalue weighted by Gasteiger charge is 2.06. The lowest BCUT2D eigenvalue weighted by Gasteiger charge is -2.02. The third-order valence-electron chi connectivity index (χ3n) is 2.70. The van der Waals surface area contributed by atoms with Gasteiger partial charge in [0.2, 0.25) is 0 Å². The molecule has 0 aliphatic rings. The van der Waals surface area contributed by atoms with Crippen LogP contribution in [0, 0.1) is 6.92 Å². The second-order valence-corrected chi connectivity index (χ2v) is 4.53. The van der Waals surface area contributed by atoms with Crippen molar-refractivity contribution in [2.24, 2.45) is 0 Å². The first-order chi connectivity index (χ1) is 7.84. The summed E-state index contributed by atoms with van der Waals surface area (Å²) in [5.74, 6) is 1.03. The highest BCUT2D eigenvalue weighted by Crippen LogP contribution is 2.22. The molecular weight excluding hydrogens is 218 g/mol. The zero-order chi connectivity index (χ0) is 11.0. The minimum absolute atomic E-state index is 0.801. The van der Waals surface area contributed by atoms with E-state index >= 15 is 0 Å². The van der Waals surface area contributed by atoms with Crippen molar-refractivity contribution in [3.05, 3.63) is 48.2 Å². The predicted octanol–water partition coefficient (Wildman–Crippen LogP) is 2.85. The van der Waals surface area contributed by atoms with E-state index < -0.39 is 0 Å². The standard InChI is InChI=1S/C12H11N3S/c1-9-13-6-7-15(9)8-11-10-4-2-3-5-12(10)16-14-11/h2-7H,8H2,1H3. The van der Waals surface area contributed by atoms with Crippen LogP contribution in [0.2, 0.25) is 0 Å². The maximum Gasteiger partial charge on any atom is 0.105 e. The van der Waals surface area contributed by atoms with E-state index in [2.05, 4.69) is 32.1 Å². The number of aromatic nitrogens is 3. The highest BCUT2D eigenvalue weighted by molar-refractivity contribution is 7.13. The number of benzene rings is 1. The molecule has 2 heterocycles. The zero-order valence-electron chi connectivity index (χ0n) is 8.92. The number of hydrogen-bond donors (Lipinski definition) is 0. The highest BCUT2D eigenvalue weighted by atomic mass is 32.1. The van der Waals surface area contributed by atoms with Crippen LogP contribution < -0.4 is 0 Å². The van der Waals surface area contributed by atoms with Gasteiger partial charge >= 0.3 is 0 Å². The molecule has 80 valence electrons. The van der Waals surface area contributed by atoms with Gasteiger partial charge in [-0.2, -0.15) is 4.37 Å². The van der Waals surface area contributed by atoms with Crippen molar-refractivity contribution in [2.75, 3.05) is 0 Å². The largest absolute Gasteiger partial charge is 0.329 e. The second kappa shape index (κ2) is 3.72. The molecule has 1 aromatic carbocycles. The molecule has 0 bridgehead atoms. The van der Waals surface area contributed by atoms with Gasteiger partial charge in [-0.15, -0.1) is 0 Å². The Hall–Kier alpha value is -1.68. The predicted molar refractivity (Wildman–Crippen MR) is 65.7 cm³/mol. The van der Waals surface area contributed by atoms with Gasteiger partial charge in [0.25, 0.3) is 0 Å². The third-order valence-corrected chi connectivity index (χ3v) is 3.56. The second-order valence-electron chi connectivity index (χ2n) is 3.73. The summed E-state index contributed by atoms with van der Waals surface area (Å²) in [5, 5.41) is 1.25. The number of imidazole rings is 1. The summed E-state index contributed by atoms with van der Waals surface area (Å²) in [7, 11) is 0. The molecule has 0 radical (unpaired) electrons. The topological polar surface area (TPSA) is 30.7 Å². The fourth-order valence-corrected chi connectivity index (χ4v) is 2.57. The van der Waals surface area contributed by atoms with E-state index in [4.69, 9.17) is 0 Å². The van der Waals surface area contributed by atoms with Gasteiger partial charge < -0.3 is 4.57 Å². The Morgan fingerprint density at radius 2 is 2.19 bits per heavy atom.